The third kappa shape index (κ3) is 3.86. The topological polar surface area (TPSA) is 71.2 Å². The second-order valence-corrected chi connectivity index (χ2v) is 6.56. The van der Waals surface area contributed by atoms with Crippen LogP contribution in [0.3, 0.4) is 0 Å². The number of nitrogen functional groups attached to an aromatic ring is 1. The van der Waals surface area contributed by atoms with Crippen LogP contribution in [0.1, 0.15) is 27.3 Å². The van der Waals surface area contributed by atoms with E-state index in [1.807, 2.05) is 5.38 Å². The van der Waals surface area contributed by atoms with Crippen molar-refractivity contribution in [2.45, 2.75) is 25.9 Å². The Morgan fingerprint density at radius 3 is 3.00 bits per heavy atom. The Balaban J connectivity index is 1.91. The summed E-state index contributed by atoms with van der Waals surface area (Å²) in [5.41, 5.74) is 2.99. The van der Waals surface area contributed by atoms with Crippen LogP contribution in [0.25, 0.3) is 0 Å². The van der Waals surface area contributed by atoms with Crippen molar-refractivity contribution in [2.24, 2.45) is 5.84 Å². The number of amides is 1. The summed E-state index contributed by atoms with van der Waals surface area (Å²) in [7, 11) is 2.07. The molecule has 0 saturated carbocycles. The van der Waals surface area contributed by atoms with Crippen LogP contribution in [0.5, 0.6) is 0 Å². The van der Waals surface area contributed by atoms with Gasteiger partial charge in [0.05, 0.1) is 5.69 Å². The van der Waals surface area contributed by atoms with Gasteiger partial charge in [0.15, 0.2) is 5.01 Å². The summed E-state index contributed by atoms with van der Waals surface area (Å²) in [5, 5.41) is 4.40. The zero-order valence-electron chi connectivity index (χ0n) is 11.5. The summed E-state index contributed by atoms with van der Waals surface area (Å²) in [6.07, 6.45) is 1.02. The first kappa shape index (κ1) is 15.1. The highest BCUT2D eigenvalue weighted by Crippen LogP contribution is 2.16. The average molecular weight is 310 g/mol. The summed E-state index contributed by atoms with van der Waals surface area (Å²) in [6, 6.07) is 4.65. The first-order valence-corrected chi connectivity index (χ1v) is 8.04. The summed E-state index contributed by atoms with van der Waals surface area (Å²) < 4.78 is 0. The number of carbonyl (C=O) groups excluding carboxylic acids is 1. The normalized spacial score (nSPS) is 12.6. The van der Waals surface area contributed by atoms with Crippen molar-refractivity contribution < 1.29 is 4.79 Å². The lowest BCUT2D eigenvalue weighted by atomic mass is 10.2. The second-order valence-electron chi connectivity index (χ2n) is 4.67. The van der Waals surface area contributed by atoms with Gasteiger partial charge in [-0.3, -0.25) is 15.1 Å². The minimum Gasteiger partial charge on any atom is -0.297 e. The number of nitrogens with two attached hydrogens (primary N) is 1. The molecule has 20 heavy (non-hydrogen) atoms. The minimum atomic E-state index is -0.337. The molecular formula is C13H18N4OS2. The predicted molar refractivity (Wildman–Crippen MR) is 82.7 cm³/mol. The lowest BCUT2D eigenvalue weighted by molar-refractivity contribution is 0.0953. The van der Waals surface area contributed by atoms with Gasteiger partial charge in [0.2, 0.25) is 0 Å². The number of thiophene rings is 1. The monoisotopic (exact) mass is 310 g/mol. The molecule has 2 heterocycles. The fraction of sp³-hybridized carbons (Fsp3) is 0.385. The highest BCUT2D eigenvalue weighted by Gasteiger charge is 2.14. The third-order valence-corrected chi connectivity index (χ3v) is 4.91. The van der Waals surface area contributed by atoms with Gasteiger partial charge in [-0.05, 0) is 31.8 Å². The lowest BCUT2D eigenvalue weighted by Gasteiger charge is -2.23. The largest absolute Gasteiger partial charge is 0.297 e. The molecule has 0 radical (unpaired) electrons. The van der Waals surface area contributed by atoms with Gasteiger partial charge in [-0.15, -0.1) is 22.7 Å². The molecule has 0 aliphatic rings. The van der Waals surface area contributed by atoms with Crippen LogP contribution in [-0.2, 0) is 13.0 Å². The average Bonchev–Trinajstić information content (AvgIpc) is 3.09. The van der Waals surface area contributed by atoms with Gasteiger partial charge in [-0.2, -0.15) is 0 Å². The maximum Gasteiger partial charge on any atom is 0.294 e. The van der Waals surface area contributed by atoms with E-state index < -0.39 is 0 Å². The zero-order chi connectivity index (χ0) is 14.5. The molecule has 1 atom stereocenters. The fourth-order valence-electron chi connectivity index (χ4n) is 1.83. The summed E-state index contributed by atoms with van der Waals surface area (Å²) in [4.78, 5) is 19.3. The quantitative estimate of drug-likeness (QED) is 0.485. The van der Waals surface area contributed by atoms with Crippen molar-refractivity contribution in [3.8, 4) is 0 Å². The van der Waals surface area contributed by atoms with Crippen molar-refractivity contribution in [3.63, 3.8) is 0 Å². The Kier molecular flexibility index (Phi) is 5.24. The molecule has 1 amide bonds. The number of thiazole rings is 1. The van der Waals surface area contributed by atoms with E-state index in [2.05, 4.69) is 46.8 Å². The Hall–Kier alpha value is -1.28. The van der Waals surface area contributed by atoms with Gasteiger partial charge in [-0.1, -0.05) is 6.07 Å². The third-order valence-electron chi connectivity index (χ3n) is 3.12. The molecule has 108 valence electrons. The number of carbonyl (C=O) groups is 1. The van der Waals surface area contributed by atoms with E-state index in [0.717, 1.165) is 18.7 Å². The molecule has 3 N–H and O–H groups in total. The van der Waals surface area contributed by atoms with Crippen molar-refractivity contribution in [1.29, 1.82) is 0 Å². The Morgan fingerprint density at radius 1 is 1.55 bits per heavy atom. The van der Waals surface area contributed by atoms with Gasteiger partial charge < -0.3 is 0 Å². The number of hydrogen-bond donors (Lipinski definition) is 2. The number of nitrogens with one attached hydrogen (secondary N) is 1. The maximum absolute atomic E-state index is 11.4. The second kappa shape index (κ2) is 6.94. The van der Waals surface area contributed by atoms with E-state index in [1.165, 1.54) is 16.2 Å². The number of rotatable bonds is 6. The molecular weight excluding hydrogens is 292 g/mol. The number of hydrogen-bond acceptors (Lipinski definition) is 6. The molecule has 0 saturated heterocycles. The van der Waals surface area contributed by atoms with Crippen molar-refractivity contribution in [2.75, 3.05) is 7.05 Å². The molecule has 2 rings (SSSR count). The molecule has 0 bridgehead atoms. The number of aromatic nitrogens is 1. The minimum absolute atomic E-state index is 0.337. The molecule has 0 spiro atoms. The van der Waals surface area contributed by atoms with Gasteiger partial charge in [0.1, 0.15) is 0 Å². The first-order valence-electron chi connectivity index (χ1n) is 6.28. The number of hydrazine groups is 1. The Bertz CT molecular complexity index is 552. The van der Waals surface area contributed by atoms with Gasteiger partial charge >= 0.3 is 0 Å². The van der Waals surface area contributed by atoms with Crippen LogP contribution in [0, 0.1) is 0 Å². The van der Waals surface area contributed by atoms with Crippen molar-refractivity contribution in [1.82, 2.24) is 15.3 Å². The molecule has 0 aromatic carbocycles. The Morgan fingerprint density at radius 2 is 2.35 bits per heavy atom. The van der Waals surface area contributed by atoms with E-state index in [0.29, 0.717) is 11.0 Å². The highest BCUT2D eigenvalue weighted by atomic mass is 32.1. The molecule has 5 nitrogen and oxygen atoms in total. The molecule has 2 aromatic rings. The summed E-state index contributed by atoms with van der Waals surface area (Å²) in [5.74, 6) is 4.76. The van der Waals surface area contributed by atoms with Gasteiger partial charge in [0, 0.05) is 22.8 Å². The van der Waals surface area contributed by atoms with Crippen LogP contribution in [-0.4, -0.2) is 28.9 Å². The zero-order valence-corrected chi connectivity index (χ0v) is 13.1. The molecule has 0 aliphatic heterocycles. The fourth-order valence-corrected chi connectivity index (χ4v) is 3.37. The number of likely N-dealkylation sites (N-methyl/N-ethyl adjacent to an activating group) is 1. The van der Waals surface area contributed by atoms with E-state index in [-0.39, 0.29) is 5.91 Å². The maximum atomic E-state index is 11.4. The molecule has 0 fully saturated rings. The Labute approximate surface area is 126 Å². The SMILES string of the molecule is CC(Cc1cccs1)N(C)Cc1csc(C(=O)NN)n1. The van der Waals surface area contributed by atoms with E-state index >= 15 is 0 Å². The number of nitrogens with zero attached hydrogens (tertiary/aromatic N) is 2. The summed E-state index contributed by atoms with van der Waals surface area (Å²) >= 11 is 3.09. The predicted octanol–water partition coefficient (Wildman–Crippen LogP) is 1.87. The van der Waals surface area contributed by atoms with E-state index in [4.69, 9.17) is 5.84 Å². The van der Waals surface area contributed by atoms with Crippen molar-refractivity contribution in [3.05, 3.63) is 38.5 Å². The molecule has 2 aromatic heterocycles. The van der Waals surface area contributed by atoms with Gasteiger partial charge in [-0.25, -0.2) is 10.8 Å². The van der Waals surface area contributed by atoms with Crippen LogP contribution < -0.4 is 11.3 Å². The van der Waals surface area contributed by atoms with Crippen LogP contribution in [0.2, 0.25) is 0 Å². The summed E-state index contributed by atoms with van der Waals surface area (Å²) in [6.45, 7) is 2.92. The molecule has 7 heteroatoms. The van der Waals surface area contributed by atoms with Crippen LogP contribution in [0.15, 0.2) is 22.9 Å². The molecule has 0 aliphatic carbocycles. The van der Waals surface area contributed by atoms with Crippen LogP contribution >= 0.6 is 22.7 Å². The van der Waals surface area contributed by atoms with E-state index in [1.54, 1.807) is 11.3 Å². The van der Waals surface area contributed by atoms with Crippen molar-refractivity contribution >= 4 is 28.6 Å². The lowest BCUT2D eigenvalue weighted by Crippen LogP contribution is -2.31. The highest BCUT2D eigenvalue weighted by molar-refractivity contribution is 7.11. The van der Waals surface area contributed by atoms with Crippen LogP contribution in [0.4, 0.5) is 0 Å². The smallest absolute Gasteiger partial charge is 0.294 e. The first-order chi connectivity index (χ1) is 9.60. The van der Waals surface area contributed by atoms with E-state index in [9.17, 15) is 4.79 Å². The molecule has 1 unspecified atom stereocenters. The standard InChI is InChI=1S/C13H18N4OS2/c1-9(6-11-4-3-5-19-11)17(2)7-10-8-20-13(15-10)12(18)16-14/h3-5,8-9H,6-7,14H2,1-2H3,(H,16,18). The van der Waals surface area contributed by atoms with Gasteiger partial charge in [0.25, 0.3) is 5.91 Å².